The Morgan fingerprint density at radius 3 is 2.38 bits per heavy atom. The molecule has 0 spiro atoms. The highest BCUT2D eigenvalue weighted by molar-refractivity contribution is 7.92. The van der Waals surface area contributed by atoms with Gasteiger partial charge < -0.3 is 4.74 Å². The summed E-state index contributed by atoms with van der Waals surface area (Å²) in [6.07, 6.45) is 5.06. The van der Waals surface area contributed by atoms with Gasteiger partial charge in [0.15, 0.2) is 4.21 Å². The fourth-order valence-corrected chi connectivity index (χ4v) is 1.86. The summed E-state index contributed by atoms with van der Waals surface area (Å²) < 4.78 is 25.3. The van der Waals surface area contributed by atoms with Crippen LogP contribution in [-0.4, -0.2) is 25.2 Å². The first-order valence-corrected chi connectivity index (χ1v) is 6.49. The molecule has 2 N–H and O–H groups in total. The molecule has 0 aliphatic heterocycles. The molecule has 1 aliphatic carbocycles. The quantitative estimate of drug-likeness (QED) is 0.458. The maximum Gasteiger partial charge on any atom is 0.316 e. The number of sulfonamides is 1. The van der Waals surface area contributed by atoms with Crippen molar-refractivity contribution in [1.82, 2.24) is 0 Å². The molecule has 0 saturated heterocycles. The molecule has 0 aromatic carbocycles. The molecule has 0 aromatic rings. The number of carbonyl (C=O) groups excluding carboxylic acids is 1. The molecule has 0 atom stereocenters. The van der Waals surface area contributed by atoms with Gasteiger partial charge in [0.2, 0.25) is 10.0 Å². The summed E-state index contributed by atoms with van der Waals surface area (Å²) in [5.41, 5.74) is 0. The van der Waals surface area contributed by atoms with E-state index in [0.29, 0.717) is 0 Å². The van der Waals surface area contributed by atoms with E-state index in [1.807, 2.05) is 0 Å². The lowest BCUT2D eigenvalue weighted by Crippen LogP contribution is -2.36. The zero-order chi connectivity index (χ0) is 12.4. The van der Waals surface area contributed by atoms with Gasteiger partial charge in [-0.05, 0) is 19.1 Å². The number of esters is 1. The molecule has 16 heavy (non-hydrogen) atoms. The van der Waals surface area contributed by atoms with E-state index in [0.717, 1.165) is 0 Å². The van der Waals surface area contributed by atoms with Gasteiger partial charge in [0, 0.05) is 0 Å². The van der Waals surface area contributed by atoms with E-state index >= 15 is 0 Å². The Morgan fingerprint density at radius 1 is 1.50 bits per heavy atom. The summed E-state index contributed by atoms with van der Waals surface area (Å²) in [5.74, 6) is -1.07. The van der Waals surface area contributed by atoms with Crippen LogP contribution in [0, 0.1) is 5.92 Å². The lowest BCUT2D eigenvalue weighted by molar-refractivity contribution is -0.144. The Labute approximate surface area is 99.0 Å². The number of hydrogen-bond acceptors (Lipinski definition) is 4. The van der Waals surface area contributed by atoms with Crippen molar-refractivity contribution in [3.05, 3.63) is 24.3 Å². The number of alkyl halides is 1. The van der Waals surface area contributed by atoms with Gasteiger partial charge in [-0.1, -0.05) is 23.8 Å². The minimum atomic E-state index is -3.95. The highest BCUT2D eigenvalue weighted by atomic mass is 35.5. The van der Waals surface area contributed by atoms with Crippen molar-refractivity contribution in [3.8, 4) is 0 Å². The van der Waals surface area contributed by atoms with Crippen LogP contribution in [0.25, 0.3) is 0 Å². The lowest BCUT2D eigenvalue weighted by atomic mass is 10.0. The van der Waals surface area contributed by atoms with Crippen LogP contribution in [0.4, 0.5) is 0 Å². The van der Waals surface area contributed by atoms with Crippen LogP contribution in [-0.2, 0) is 19.6 Å². The van der Waals surface area contributed by atoms with Crippen molar-refractivity contribution >= 4 is 27.6 Å². The van der Waals surface area contributed by atoms with Gasteiger partial charge in [-0.25, -0.2) is 13.6 Å². The predicted octanol–water partition coefficient (Wildman–Crippen LogP) is 0.515. The Kier molecular flexibility index (Phi) is 3.77. The van der Waals surface area contributed by atoms with Gasteiger partial charge in [0.1, 0.15) is 0 Å². The van der Waals surface area contributed by atoms with Crippen LogP contribution >= 0.6 is 11.6 Å². The molecule has 0 saturated carbocycles. The molecule has 0 heterocycles. The highest BCUT2D eigenvalue weighted by Crippen LogP contribution is 2.29. The van der Waals surface area contributed by atoms with E-state index < -0.39 is 26.1 Å². The molecular formula is C9H12ClNO4S. The second-order valence-corrected chi connectivity index (χ2v) is 5.85. The number of halogens is 1. The normalized spacial score (nSPS) is 29.1. The Morgan fingerprint density at radius 2 is 2.00 bits per heavy atom. The lowest BCUT2D eigenvalue weighted by Gasteiger charge is -2.21. The van der Waals surface area contributed by atoms with Crippen molar-refractivity contribution in [3.63, 3.8) is 0 Å². The fraction of sp³-hybridized carbons (Fsp3) is 0.444. The van der Waals surface area contributed by atoms with Crippen LogP contribution in [0.3, 0.4) is 0 Å². The third kappa shape index (κ3) is 2.63. The summed E-state index contributed by atoms with van der Waals surface area (Å²) in [5, 5.41) is 4.95. The molecule has 0 fully saturated rings. The molecule has 90 valence electrons. The van der Waals surface area contributed by atoms with E-state index in [4.69, 9.17) is 21.5 Å². The van der Waals surface area contributed by atoms with Crippen molar-refractivity contribution < 1.29 is 17.9 Å². The molecule has 1 aliphatic rings. The maximum atomic E-state index is 11.3. The second-order valence-electron chi connectivity index (χ2n) is 3.24. The minimum Gasteiger partial charge on any atom is -0.465 e. The van der Waals surface area contributed by atoms with Crippen molar-refractivity contribution in [2.24, 2.45) is 11.1 Å². The molecule has 7 heteroatoms. The van der Waals surface area contributed by atoms with Crippen molar-refractivity contribution in [2.75, 3.05) is 6.61 Å². The summed E-state index contributed by atoms with van der Waals surface area (Å²) in [6, 6.07) is 0. The first kappa shape index (κ1) is 13.2. The largest absolute Gasteiger partial charge is 0.465 e. The summed E-state index contributed by atoms with van der Waals surface area (Å²) in [4.78, 5) is 11.3. The average Bonchev–Trinajstić information content (AvgIpc) is 2.17. The van der Waals surface area contributed by atoms with Gasteiger partial charge in [-0.2, -0.15) is 0 Å². The SMILES string of the molecule is CCOC(=O)C1C=CC(Cl)(S(N)(=O)=O)C=C1. The molecule has 0 radical (unpaired) electrons. The topological polar surface area (TPSA) is 86.5 Å². The molecule has 0 bridgehead atoms. The summed E-state index contributed by atoms with van der Waals surface area (Å²) in [6.45, 7) is 1.95. The van der Waals surface area contributed by atoms with Crippen molar-refractivity contribution in [1.29, 1.82) is 0 Å². The van der Waals surface area contributed by atoms with Gasteiger partial charge in [-0.15, -0.1) is 0 Å². The van der Waals surface area contributed by atoms with Crippen LogP contribution in [0.15, 0.2) is 24.3 Å². The first-order chi connectivity index (χ1) is 7.30. The minimum absolute atomic E-state index is 0.262. The number of nitrogens with two attached hydrogens (primary N) is 1. The first-order valence-electron chi connectivity index (χ1n) is 4.57. The van der Waals surface area contributed by atoms with Crippen LogP contribution in [0.1, 0.15) is 6.92 Å². The van der Waals surface area contributed by atoms with E-state index in [2.05, 4.69) is 0 Å². The fourth-order valence-electron chi connectivity index (χ4n) is 1.17. The molecular weight excluding hydrogens is 254 g/mol. The Balaban J connectivity index is 2.85. The molecule has 1 rings (SSSR count). The predicted molar refractivity (Wildman–Crippen MR) is 60.1 cm³/mol. The number of ether oxygens (including phenoxy) is 1. The molecule has 0 aromatic heterocycles. The number of primary sulfonamides is 1. The van der Waals surface area contributed by atoms with E-state index in [1.165, 1.54) is 24.3 Å². The Hall–Kier alpha value is -0.850. The zero-order valence-electron chi connectivity index (χ0n) is 8.59. The van der Waals surface area contributed by atoms with E-state index in [1.54, 1.807) is 6.92 Å². The van der Waals surface area contributed by atoms with E-state index in [-0.39, 0.29) is 6.61 Å². The third-order valence-corrected chi connectivity index (χ3v) is 4.10. The summed E-state index contributed by atoms with van der Waals surface area (Å²) in [7, 11) is -3.95. The zero-order valence-corrected chi connectivity index (χ0v) is 10.2. The molecule has 5 nitrogen and oxygen atoms in total. The third-order valence-electron chi connectivity index (χ3n) is 2.06. The van der Waals surface area contributed by atoms with Gasteiger partial charge in [0.05, 0.1) is 12.5 Å². The molecule has 0 amide bonds. The summed E-state index contributed by atoms with van der Waals surface area (Å²) >= 11 is 5.76. The van der Waals surface area contributed by atoms with Gasteiger partial charge in [-0.3, -0.25) is 4.79 Å². The van der Waals surface area contributed by atoms with Crippen LogP contribution < -0.4 is 5.14 Å². The molecule has 0 unspecified atom stereocenters. The van der Waals surface area contributed by atoms with Crippen LogP contribution in [0.2, 0.25) is 0 Å². The standard InChI is InChI=1S/C9H12ClNO4S/c1-2-15-8(12)7-3-5-9(10,6-4-7)16(11,13)14/h3-7H,2H2,1H3,(H2,11,13,14). The highest BCUT2D eigenvalue weighted by Gasteiger charge is 2.37. The van der Waals surface area contributed by atoms with Crippen LogP contribution in [0.5, 0.6) is 0 Å². The Bertz CT molecular complexity index is 426. The van der Waals surface area contributed by atoms with Crippen molar-refractivity contribution in [2.45, 2.75) is 11.1 Å². The average molecular weight is 266 g/mol. The van der Waals surface area contributed by atoms with E-state index in [9.17, 15) is 13.2 Å². The van der Waals surface area contributed by atoms with Gasteiger partial charge in [0.25, 0.3) is 0 Å². The monoisotopic (exact) mass is 265 g/mol. The number of rotatable bonds is 3. The second kappa shape index (κ2) is 4.57. The number of carbonyl (C=O) groups is 1. The van der Waals surface area contributed by atoms with Gasteiger partial charge >= 0.3 is 5.97 Å². The maximum absolute atomic E-state index is 11.3. The smallest absolute Gasteiger partial charge is 0.316 e. The number of hydrogen-bond donors (Lipinski definition) is 1.